The Labute approximate surface area is 138 Å². The minimum absolute atomic E-state index is 0.0520. The maximum absolute atomic E-state index is 12.6. The topological polar surface area (TPSA) is 37.4 Å². The van der Waals surface area contributed by atoms with Crippen molar-refractivity contribution in [1.82, 2.24) is 4.90 Å². The minimum Gasteiger partial charge on any atom is -0.282 e. The van der Waals surface area contributed by atoms with Gasteiger partial charge in [-0.1, -0.05) is 12.2 Å². The molecule has 6 rings (SSSR count). The number of nitrogens with zero attached hydrogens (tertiary/aromatic N) is 1. The molecule has 3 heteroatoms. The van der Waals surface area contributed by atoms with E-state index in [1.54, 1.807) is 4.90 Å². The third-order valence-electron chi connectivity index (χ3n) is 7.63. The third kappa shape index (κ3) is 2.15. The first-order valence-corrected chi connectivity index (χ1v) is 9.64. The lowest BCUT2D eigenvalue weighted by molar-refractivity contribution is -0.141. The molecule has 0 spiro atoms. The summed E-state index contributed by atoms with van der Waals surface area (Å²) < 4.78 is 0. The van der Waals surface area contributed by atoms with E-state index >= 15 is 0 Å². The second-order valence-corrected chi connectivity index (χ2v) is 9.15. The molecule has 1 saturated heterocycles. The van der Waals surface area contributed by atoms with Crippen molar-refractivity contribution in [2.24, 2.45) is 35.0 Å². The highest BCUT2D eigenvalue weighted by Gasteiger charge is 2.52. The Balaban J connectivity index is 1.30. The molecular formula is C20H27NO2. The summed E-state index contributed by atoms with van der Waals surface area (Å²) in [4.78, 5) is 26.9. The van der Waals surface area contributed by atoms with Crippen LogP contribution in [0.2, 0.25) is 0 Å². The van der Waals surface area contributed by atoms with E-state index in [9.17, 15) is 9.59 Å². The molecular weight excluding hydrogens is 286 g/mol. The van der Waals surface area contributed by atoms with Gasteiger partial charge in [-0.15, -0.1) is 0 Å². The number of carbonyl (C=O) groups excluding carboxylic acids is 2. The van der Waals surface area contributed by atoms with Gasteiger partial charge in [0.15, 0.2) is 0 Å². The van der Waals surface area contributed by atoms with E-state index in [-0.39, 0.29) is 23.7 Å². The van der Waals surface area contributed by atoms with Gasteiger partial charge in [0.05, 0.1) is 11.8 Å². The van der Waals surface area contributed by atoms with E-state index < -0.39 is 0 Å². The summed E-state index contributed by atoms with van der Waals surface area (Å²) in [6.07, 6.45) is 15.2. The lowest BCUT2D eigenvalue weighted by atomic mass is 9.49. The van der Waals surface area contributed by atoms with Crippen molar-refractivity contribution in [3.05, 3.63) is 12.2 Å². The summed E-state index contributed by atoms with van der Waals surface area (Å²) in [5.74, 6) is 2.96. The molecule has 0 unspecified atom stereocenters. The van der Waals surface area contributed by atoms with E-state index in [1.807, 2.05) is 0 Å². The average molecular weight is 313 g/mol. The molecule has 6 aliphatic rings. The van der Waals surface area contributed by atoms with E-state index in [0.717, 1.165) is 37.0 Å². The number of likely N-dealkylation sites (tertiary alicyclic amines) is 1. The van der Waals surface area contributed by atoms with Crippen LogP contribution in [0.1, 0.15) is 57.8 Å². The monoisotopic (exact) mass is 313 g/mol. The highest BCUT2D eigenvalue weighted by atomic mass is 16.2. The van der Waals surface area contributed by atoms with Crippen molar-refractivity contribution in [3.8, 4) is 0 Å². The number of imide groups is 1. The van der Waals surface area contributed by atoms with Crippen molar-refractivity contribution in [1.29, 1.82) is 0 Å². The van der Waals surface area contributed by atoms with E-state index in [1.165, 1.54) is 38.5 Å². The van der Waals surface area contributed by atoms with Crippen molar-refractivity contribution >= 4 is 11.8 Å². The number of fused-ring (bicyclic) bond motifs is 1. The van der Waals surface area contributed by atoms with Gasteiger partial charge in [0.25, 0.3) is 0 Å². The molecule has 2 amide bonds. The van der Waals surface area contributed by atoms with Gasteiger partial charge in [-0.05, 0) is 81.0 Å². The fourth-order valence-corrected chi connectivity index (χ4v) is 7.03. The summed E-state index contributed by atoms with van der Waals surface area (Å²) >= 11 is 0. The third-order valence-corrected chi connectivity index (χ3v) is 7.63. The van der Waals surface area contributed by atoms with Crippen molar-refractivity contribution < 1.29 is 9.59 Å². The van der Waals surface area contributed by atoms with Gasteiger partial charge in [-0.2, -0.15) is 0 Å². The Hall–Kier alpha value is -1.12. The normalized spacial score (nSPS) is 47.5. The van der Waals surface area contributed by atoms with Crippen LogP contribution in [0.3, 0.4) is 0 Å². The first kappa shape index (κ1) is 14.2. The predicted octanol–water partition coefficient (Wildman–Crippen LogP) is 3.54. The quantitative estimate of drug-likeness (QED) is 0.590. The fourth-order valence-electron chi connectivity index (χ4n) is 7.03. The van der Waals surface area contributed by atoms with Gasteiger partial charge in [-0.25, -0.2) is 0 Å². The molecule has 0 aromatic rings. The minimum atomic E-state index is -0.0520. The molecule has 0 aromatic heterocycles. The fraction of sp³-hybridized carbons (Fsp3) is 0.800. The van der Waals surface area contributed by atoms with Gasteiger partial charge in [-0.3, -0.25) is 14.5 Å². The van der Waals surface area contributed by atoms with Crippen LogP contribution in [0.15, 0.2) is 12.2 Å². The Kier molecular flexibility index (Phi) is 3.06. The van der Waals surface area contributed by atoms with Crippen molar-refractivity contribution in [2.75, 3.05) is 6.54 Å². The van der Waals surface area contributed by atoms with Crippen LogP contribution in [0.5, 0.6) is 0 Å². The van der Waals surface area contributed by atoms with Crippen molar-refractivity contribution in [2.45, 2.75) is 57.8 Å². The Bertz CT molecular complexity index is 517. The zero-order valence-electron chi connectivity index (χ0n) is 13.9. The van der Waals surface area contributed by atoms with Crippen molar-refractivity contribution in [3.63, 3.8) is 0 Å². The molecule has 4 bridgehead atoms. The standard InChI is InChI=1S/C20H27NO2/c22-18-16-3-1-2-4-17(16)19(23)21(18)6-5-20-10-13-7-14(11-20)9-15(8-13)12-20/h1-2,13-17H,3-12H2/t13?,14?,15?,16-,17-,20?/m0/s1. The van der Waals surface area contributed by atoms with Crippen LogP contribution in [-0.4, -0.2) is 23.3 Å². The highest BCUT2D eigenvalue weighted by Crippen LogP contribution is 2.61. The summed E-state index contributed by atoms with van der Waals surface area (Å²) in [5.41, 5.74) is 0.460. The van der Waals surface area contributed by atoms with Gasteiger partial charge >= 0.3 is 0 Å². The molecule has 0 N–H and O–H groups in total. The smallest absolute Gasteiger partial charge is 0.233 e. The van der Waals surface area contributed by atoms with Crippen LogP contribution >= 0.6 is 0 Å². The molecule has 0 aromatic carbocycles. The van der Waals surface area contributed by atoms with Gasteiger partial charge in [0.1, 0.15) is 0 Å². The van der Waals surface area contributed by atoms with Crippen LogP contribution < -0.4 is 0 Å². The van der Waals surface area contributed by atoms with Crippen LogP contribution in [0.4, 0.5) is 0 Å². The first-order valence-electron chi connectivity index (χ1n) is 9.64. The number of allylic oxidation sites excluding steroid dienone is 2. The Morgan fingerprint density at radius 1 is 0.870 bits per heavy atom. The molecule has 5 aliphatic carbocycles. The second kappa shape index (κ2) is 4.94. The first-order chi connectivity index (χ1) is 11.1. The SMILES string of the molecule is O=C1[C@H]2CC=CC[C@@H]2C(=O)N1CCC12CC3CC(CC(C3)C1)C2. The van der Waals surface area contributed by atoms with Crippen LogP contribution in [-0.2, 0) is 9.59 Å². The molecule has 0 radical (unpaired) electrons. The van der Waals surface area contributed by atoms with Gasteiger partial charge < -0.3 is 0 Å². The zero-order chi connectivity index (χ0) is 15.6. The molecule has 124 valence electrons. The lowest BCUT2D eigenvalue weighted by Gasteiger charge is -2.57. The van der Waals surface area contributed by atoms with E-state index in [4.69, 9.17) is 0 Å². The summed E-state index contributed by atoms with van der Waals surface area (Å²) in [5, 5.41) is 0. The second-order valence-electron chi connectivity index (χ2n) is 9.15. The number of hydrogen-bond donors (Lipinski definition) is 0. The number of hydrogen-bond acceptors (Lipinski definition) is 2. The summed E-state index contributed by atoms with van der Waals surface area (Å²) in [7, 11) is 0. The molecule has 5 fully saturated rings. The maximum atomic E-state index is 12.6. The lowest BCUT2D eigenvalue weighted by Crippen LogP contribution is -2.47. The number of rotatable bonds is 3. The predicted molar refractivity (Wildman–Crippen MR) is 87.3 cm³/mol. The van der Waals surface area contributed by atoms with E-state index in [0.29, 0.717) is 12.0 Å². The molecule has 1 aliphatic heterocycles. The number of amides is 2. The zero-order valence-corrected chi connectivity index (χ0v) is 13.9. The largest absolute Gasteiger partial charge is 0.282 e. The summed E-state index contributed by atoms with van der Waals surface area (Å²) in [6, 6.07) is 0. The van der Waals surface area contributed by atoms with Gasteiger partial charge in [0, 0.05) is 6.54 Å². The molecule has 23 heavy (non-hydrogen) atoms. The number of carbonyl (C=O) groups is 2. The van der Waals surface area contributed by atoms with Crippen LogP contribution in [0.25, 0.3) is 0 Å². The highest BCUT2D eigenvalue weighted by molar-refractivity contribution is 6.05. The molecule has 4 saturated carbocycles. The Morgan fingerprint density at radius 3 is 1.83 bits per heavy atom. The molecule has 3 nitrogen and oxygen atoms in total. The van der Waals surface area contributed by atoms with Crippen LogP contribution in [0, 0.1) is 35.0 Å². The maximum Gasteiger partial charge on any atom is 0.233 e. The average Bonchev–Trinajstić information content (AvgIpc) is 2.76. The molecule has 1 heterocycles. The van der Waals surface area contributed by atoms with E-state index in [2.05, 4.69) is 12.2 Å². The van der Waals surface area contributed by atoms with Gasteiger partial charge in [0.2, 0.25) is 11.8 Å². The Morgan fingerprint density at radius 2 is 1.35 bits per heavy atom. The summed E-state index contributed by atoms with van der Waals surface area (Å²) in [6.45, 7) is 0.691. The molecule has 2 atom stereocenters.